The van der Waals surface area contributed by atoms with E-state index in [4.69, 9.17) is 0 Å². The molecule has 12 rings (SSSR count). The summed E-state index contributed by atoms with van der Waals surface area (Å²) in [5, 5.41) is 5.04. The van der Waals surface area contributed by atoms with Crippen molar-refractivity contribution in [3.05, 3.63) is 246 Å². The number of rotatable bonds is 6. The van der Waals surface area contributed by atoms with E-state index in [2.05, 4.69) is 244 Å². The maximum Gasteiger partial charge on any atom is 0.0465 e. The van der Waals surface area contributed by atoms with Crippen molar-refractivity contribution < 1.29 is 0 Å². The summed E-state index contributed by atoms with van der Waals surface area (Å²) in [6, 6.07) is 81.1. The van der Waals surface area contributed by atoms with Crippen molar-refractivity contribution in [1.82, 2.24) is 0 Å². The number of benzene rings is 10. The Labute approximate surface area is 364 Å². The van der Waals surface area contributed by atoms with Crippen LogP contribution in [0.25, 0.3) is 66.1 Å². The van der Waals surface area contributed by atoms with Gasteiger partial charge in [0.1, 0.15) is 0 Å². The van der Waals surface area contributed by atoms with E-state index < -0.39 is 0 Å². The van der Waals surface area contributed by atoms with E-state index in [1.165, 1.54) is 93.9 Å². The van der Waals surface area contributed by atoms with Crippen LogP contribution in [0.2, 0.25) is 0 Å². The fourth-order valence-corrected chi connectivity index (χ4v) is 10.9. The van der Waals surface area contributed by atoms with Crippen molar-refractivity contribution >= 4 is 38.6 Å². The lowest BCUT2D eigenvalue weighted by atomic mass is 9.72. The Bertz CT molecular complexity index is 3210. The molecule has 0 bridgehead atoms. The van der Waals surface area contributed by atoms with Gasteiger partial charge in [0.2, 0.25) is 0 Å². The smallest absolute Gasteiger partial charge is 0.0465 e. The van der Waals surface area contributed by atoms with Crippen LogP contribution in [0, 0.1) is 0 Å². The third-order valence-electron chi connectivity index (χ3n) is 14.2. The number of hydrogen-bond acceptors (Lipinski definition) is 1. The Balaban J connectivity index is 0.966. The minimum atomic E-state index is -0.245. The van der Waals surface area contributed by atoms with Crippen molar-refractivity contribution in [1.29, 1.82) is 0 Å². The van der Waals surface area contributed by atoms with Gasteiger partial charge in [0, 0.05) is 27.9 Å². The molecule has 0 atom stereocenters. The summed E-state index contributed by atoms with van der Waals surface area (Å²) in [6.45, 7) is 7.24. The second kappa shape index (κ2) is 13.8. The predicted molar refractivity (Wildman–Crippen MR) is 262 cm³/mol. The third kappa shape index (κ3) is 5.41. The van der Waals surface area contributed by atoms with Crippen molar-refractivity contribution in [2.24, 2.45) is 0 Å². The second-order valence-corrected chi connectivity index (χ2v) is 17.8. The zero-order valence-electron chi connectivity index (χ0n) is 35.2. The fraction of sp³-hybridized carbons (Fsp3) is 0.0820. The van der Waals surface area contributed by atoms with Gasteiger partial charge in [0.05, 0.1) is 0 Å². The van der Waals surface area contributed by atoms with Gasteiger partial charge in [-0.1, -0.05) is 196 Å². The van der Waals surface area contributed by atoms with Crippen LogP contribution in [0.4, 0.5) is 17.1 Å². The van der Waals surface area contributed by atoms with Crippen LogP contribution in [0.1, 0.15) is 48.6 Å². The van der Waals surface area contributed by atoms with Gasteiger partial charge in [-0.2, -0.15) is 0 Å². The molecule has 294 valence electrons. The monoisotopic (exact) mass is 791 g/mol. The van der Waals surface area contributed by atoms with Crippen LogP contribution in [-0.2, 0) is 10.8 Å². The van der Waals surface area contributed by atoms with Crippen molar-refractivity contribution in [3.8, 4) is 44.5 Å². The molecule has 0 N–H and O–H groups in total. The standard InChI is InChI=1S/C61H45N/c1-60(2)58-38-44(61(3)56-24-10-8-20-52(56)53-21-9-11-25-57(53)61)30-36-54(58)55-37-35-47(39-59(55)60)62(45-31-26-42(27-32-45)50-22-12-16-40-14-4-6-18-48(40)50)46-33-28-43(29-34-46)51-23-13-17-41-15-5-7-19-49(41)51/h4-39H,1-3H3. The van der Waals surface area contributed by atoms with E-state index in [-0.39, 0.29) is 10.8 Å². The van der Waals surface area contributed by atoms with Gasteiger partial charge in [-0.3, -0.25) is 0 Å². The molecule has 10 aromatic carbocycles. The first-order valence-corrected chi connectivity index (χ1v) is 21.8. The average Bonchev–Trinajstić information content (AvgIpc) is 3.72. The highest BCUT2D eigenvalue weighted by atomic mass is 15.1. The maximum atomic E-state index is 2.52. The SMILES string of the molecule is CC1(C)c2cc(N(c3ccc(-c4cccc5ccccc45)cc3)c3ccc(-c4cccc5ccccc45)cc3)ccc2-c2ccc(C3(C)c4ccccc4-c4ccccc43)cc21. The van der Waals surface area contributed by atoms with Crippen molar-refractivity contribution in [3.63, 3.8) is 0 Å². The molecule has 0 spiro atoms. The Morgan fingerprint density at radius 1 is 0.306 bits per heavy atom. The molecule has 62 heavy (non-hydrogen) atoms. The van der Waals surface area contributed by atoms with Crippen LogP contribution in [0.3, 0.4) is 0 Å². The van der Waals surface area contributed by atoms with Crippen LogP contribution in [0.15, 0.2) is 218 Å². The number of fused-ring (bicyclic) bond motifs is 8. The molecule has 0 radical (unpaired) electrons. The van der Waals surface area contributed by atoms with Crippen LogP contribution in [-0.4, -0.2) is 0 Å². The summed E-state index contributed by atoms with van der Waals surface area (Å²) in [6.07, 6.45) is 0. The third-order valence-corrected chi connectivity index (χ3v) is 14.2. The Morgan fingerprint density at radius 3 is 1.26 bits per heavy atom. The second-order valence-electron chi connectivity index (χ2n) is 17.8. The molecule has 0 amide bonds. The van der Waals surface area contributed by atoms with Gasteiger partial charge < -0.3 is 4.90 Å². The lowest BCUT2D eigenvalue weighted by Crippen LogP contribution is -2.24. The highest BCUT2D eigenvalue weighted by Gasteiger charge is 2.43. The maximum absolute atomic E-state index is 2.52. The van der Waals surface area contributed by atoms with Crippen LogP contribution < -0.4 is 4.90 Å². The van der Waals surface area contributed by atoms with Crippen molar-refractivity contribution in [2.45, 2.75) is 31.6 Å². The summed E-state index contributed by atoms with van der Waals surface area (Å²) < 4.78 is 0. The highest BCUT2D eigenvalue weighted by Crippen LogP contribution is 2.56. The van der Waals surface area contributed by atoms with E-state index >= 15 is 0 Å². The summed E-state index contributed by atoms with van der Waals surface area (Å²) in [5.41, 5.74) is 20.0. The molecule has 2 aliphatic carbocycles. The summed E-state index contributed by atoms with van der Waals surface area (Å²) in [7, 11) is 0. The minimum Gasteiger partial charge on any atom is -0.310 e. The quantitative estimate of drug-likeness (QED) is 0.162. The first-order chi connectivity index (χ1) is 30.4. The Morgan fingerprint density at radius 2 is 0.710 bits per heavy atom. The minimum absolute atomic E-state index is 0.215. The topological polar surface area (TPSA) is 3.24 Å². The summed E-state index contributed by atoms with van der Waals surface area (Å²) >= 11 is 0. The molecule has 0 aromatic heterocycles. The van der Waals surface area contributed by atoms with Gasteiger partial charge in [-0.25, -0.2) is 0 Å². The van der Waals surface area contributed by atoms with E-state index in [9.17, 15) is 0 Å². The van der Waals surface area contributed by atoms with Gasteiger partial charge >= 0.3 is 0 Å². The molecule has 0 heterocycles. The molecule has 0 aliphatic heterocycles. The molecule has 0 saturated carbocycles. The molecule has 10 aromatic rings. The normalized spacial score (nSPS) is 14.0. The van der Waals surface area contributed by atoms with E-state index in [0.29, 0.717) is 0 Å². The summed E-state index contributed by atoms with van der Waals surface area (Å²) in [4.78, 5) is 2.43. The number of hydrogen-bond donors (Lipinski definition) is 0. The molecule has 0 unspecified atom stereocenters. The first kappa shape index (κ1) is 36.4. The van der Waals surface area contributed by atoms with Crippen LogP contribution in [0.5, 0.6) is 0 Å². The molecular weight excluding hydrogens is 747 g/mol. The molecular formula is C61H45N. The molecule has 0 fully saturated rings. The lowest BCUT2D eigenvalue weighted by molar-refractivity contribution is 0.652. The molecule has 2 aliphatic rings. The predicted octanol–water partition coefficient (Wildman–Crippen LogP) is 16.4. The molecule has 1 heteroatoms. The van der Waals surface area contributed by atoms with Crippen LogP contribution >= 0.6 is 0 Å². The zero-order valence-corrected chi connectivity index (χ0v) is 35.2. The first-order valence-electron chi connectivity index (χ1n) is 21.8. The average molecular weight is 792 g/mol. The van der Waals surface area contributed by atoms with Gasteiger partial charge in [0.25, 0.3) is 0 Å². The Hall–Kier alpha value is -7.48. The fourth-order valence-electron chi connectivity index (χ4n) is 10.9. The summed E-state index contributed by atoms with van der Waals surface area (Å²) in [5.74, 6) is 0. The van der Waals surface area contributed by atoms with E-state index in [1.807, 2.05) is 0 Å². The van der Waals surface area contributed by atoms with Crippen molar-refractivity contribution in [2.75, 3.05) is 4.90 Å². The van der Waals surface area contributed by atoms with E-state index in [0.717, 1.165) is 17.1 Å². The Kier molecular flexibility index (Phi) is 8.08. The number of anilines is 3. The molecule has 0 saturated heterocycles. The van der Waals surface area contributed by atoms with Gasteiger partial charge in [-0.15, -0.1) is 0 Å². The number of nitrogens with zero attached hydrogens (tertiary/aromatic N) is 1. The van der Waals surface area contributed by atoms with Gasteiger partial charge in [0.15, 0.2) is 0 Å². The van der Waals surface area contributed by atoms with Gasteiger partial charge in [-0.05, 0) is 137 Å². The highest BCUT2D eigenvalue weighted by molar-refractivity contribution is 5.98. The molecule has 1 nitrogen and oxygen atoms in total. The zero-order chi connectivity index (χ0) is 41.6. The largest absolute Gasteiger partial charge is 0.310 e. The lowest BCUT2D eigenvalue weighted by Gasteiger charge is -2.31. The van der Waals surface area contributed by atoms with E-state index in [1.54, 1.807) is 0 Å².